The molecule has 0 spiro atoms. The Balaban J connectivity index is 0.000000720. The molecule has 2 rings (SSSR count). The summed E-state index contributed by atoms with van der Waals surface area (Å²) in [5.41, 5.74) is 5.27. The topological polar surface area (TPSA) is 46.3 Å². The second-order valence-corrected chi connectivity index (χ2v) is 3.51. The first kappa shape index (κ1) is 9.81. The van der Waals surface area contributed by atoms with Crippen LogP contribution >= 0.6 is 12.4 Å². The van der Waals surface area contributed by atoms with E-state index in [4.69, 9.17) is 5.73 Å². The van der Waals surface area contributed by atoms with Gasteiger partial charge in [0.2, 0.25) is 5.91 Å². The lowest BCUT2D eigenvalue weighted by Gasteiger charge is -2.44. The van der Waals surface area contributed by atoms with Gasteiger partial charge in [0, 0.05) is 12.6 Å². The van der Waals surface area contributed by atoms with Crippen molar-refractivity contribution in [2.75, 3.05) is 13.1 Å². The summed E-state index contributed by atoms with van der Waals surface area (Å²) in [6.07, 6.45) is 3.82. The summed E-state index contributed by atoms with van der Waals surface area (Å²) in [4.78, 5) is 13.1. The molecule has 0 aromatic heterocycles. The van der Waals surface area contributed by atoms with Gasteiger partial charge in [0.25, 0.3) is 0 Å². The van der Waals surface area contributed by atoms with E-state index in [9.17, 15) is 4.79 Å². The number of nitrogens with two attached hydrogens (primary N) is 1. The SMILES string of the molecule is Cl.NCC(=O)N1CC2CCCC21. The molecule has 4 heteroatoms. The first-order valence-electron chi connectivity index (χ1n) is 4.32. The minimum Gasteiger partial charge on any atom is -0.338 e. The van der Waals surface area contributed by atoms with Crippen molar-refractivity contribution < 1.29 is 4.79 Å². The molecule has 0 aromatic carbocycles. The number of nitrogens with zero attached hydrogens (tertiary/aromatic N) is 1. The van der Waals surface area contributed by atoms with Gasteiger partial charge >= 0.3 is 0 Å². The van der Waals surface area contributed by atoms with E-state index in [1.807, 2.05) is 4.90 Å². The van der Waals surface area contributed by atoms with E-state index in [2.05, 4.69) is 0 Å². The van der Waals surface area contributed by atoms with Crippen LogP contribution in [0, 0.1) is 5.92 Å². The Labute approximate surface area is 78.7 Å². The van der Waals surface area contributed by atoms with Crippen LogP contribution in [0.2, 0.25) is 0 Å². The predicted molar refractivity (Wildman–Crippen MR) is 49.1 cm³/mol. The van der Waals surface area contributed by atoms with E-state index in [1.165, 1.54) is 19.3 Å². The van der Waals surface area contributed by atoms with E-state index in [-0.39, 0.29) is 24.9 Å². The Morgan fingerprint density at radius 1 is 1.50 bits per heavy atom. The molecule has 0 aromatic rings. The summed E-state index contributed by atoms with van der Waals surface area (Å²) in [7, 11) is 0. The molecular formula is C8H15ClN2O. The number of amides is 1. The van der Waals surface area contributed by atoms with Crippen molar-refractivity contribution in [2.45, 2.75) is 25.3 Å². The standard InChI is InChI=1S/C8H14N2O.ClH/c9-4-8(11)10-5-6-2-1-3-7(6)10;/h6-7H,1-5,9H2;1H. The fraction of sp³-hybridized carbons (Fsp3) is 0.875. The number of hydrogen-bond donors (Lipinski definition) is 1. The van der Waals surface area contributed by atoms with Crippen molar-refractivity contribution in [3.8, 4) is 0 Å². The Morgan fingerprint density at radius 2 is 2.25 bits per heavy atom. The molecule has 12 heavy (non-hydrogen) atoms. The lowest BCUT2D eigenvalue weighted by Crippen LogP contribution is -2.57. The van der Waals surface area contributed by atoms with Gasteiger partial charge in [0.1, 0.15) is 0 Å². The molecule has 1 aliphatic carbocycles. The lowest BCUT2D eigenvalue weighted by molar-refractivity contribution is -0.140. The Morgan fingerprint density at radius 3 is 2.83 bits per heavy atom. The van der Waals surface area contributed by atoms with Gasteiger partial charge in [-0.05, 0) is 18.8 Å². The Hall–Kier alpha value is -0.280. The van der Waals surface area contributed by atoms with Crippen LogP contribution < -0.4 is 5.73 Å². The van der Waals surface area contributed by atoms with Crippen LogP contribution in [-0.4, -0.2) is 29.9 Å². The van der Waals surface area contributed by atoms with Crippen LogP contribution in [0.15, 0.2) is 0 Å². The smallest absolute Gasteiger partial charge is 0.236 e. The largest absolute Gasteiger partial charge is 0.338 e. The van der Waals surface area contributed by atoms with Crippen LogP contribution in [0.4, 0.5) is 0 Å². The second-order valence-electron chi connectivity index (χ2n) is 3.51. The maximum Gasteiger partial charge on any atom is 0.236 e. The van der Waals surface area contributed by atoms with Crippen LogP contribution in [-0.2, 0) is 4.79 Å². The van der Waals surface area contributed by atoms with Gasteiger partial charge in [0.15, 0.2) is 0 Å². The molecule has 1 amide bonds. The zero-order valence-electron chi connectivity index (χ0n) is 7.03. The van der Waals surface area contributed by atoms with Crippen LogP contribution in [0.3, 0.4) is 0 Å². The van der Waals surface area contributed by atoms with E-state index < -0.39 is 0 Å². The van der Waals surface area contributed by atoms with Crippen molar-refractivity contribution in [3.63, 3.8) is 0 Å². The zero-order chi connectivity index (χ0) is 7.84. The number of likely N-dealkylation sites (tertiary alicyclic amines) is 1. The number of hydrogen-bond acceptors (Lipinski definition) is 2. The Bertz CT molecular complexity index is 186. The van der Waals surface area contributed by atoms with Crippen LogP contribution in [0.1, 0.15) is 19.3 Å². The number of carbonyl (C=O) groups is 1. The van der Waals surface area contributed by atoms with E-state index in [0.717, 1.165) is 12.5 Å². The number of fused-ring (bicyclic) bond motifs is 1. The van der Waals surface area contributed by atoms with Crippen molar-refractivity contribution >= 4 is 18.3 Å². The van der Waals surface area contributed by atoms with Gasteiger partial charge in [-0.1, -0.05) is 6.42 Å². The molecule has 0 radical (unpaired) electrons. The van der Waals surface area contributed by atoms with Crippen LogP contribution in [0.5, 0.6) is 0 Å². The highest BCUT2D eigenvalue weighted by molar-refractivity contribution is 5.85. The summed E-state index contributed by atoms with van der Waals surface area (Å²) in [5, 5.41) is 0. The molecule has 2 unspecified atom stereocenters. The molecule has 1 saturated heterocycles. The first-order valence-corrected chi connectivity index (χ1v) is 4.32. The molecule has 2 fully saturated rings. The third-order valence-electron chi connectivity index (χ3n) is 2.95. The van der Waals surface area contributed by atoms with Gasteiger partial charge in [0.05, 0.1) is 6.54 Å². The monoisotopic (exact) mass is 190 g/mol. The molecule has 2 aliphatic rings. The Kier molecular flexibility index (Phi) is 2.96. The minimum absolute atomic E-state index is 0. The van der Waals surface area contributed by atoms with Crippen molar-refractivity contribution in [1.82, 2.24) is 4.90 Å². The average Bonchev–Trinajstić information content (AvgIpc) is 2.32. The van der Waals surface area contributed by atoms with Gasteiger partial charge < -0.3 is 10.6 Å². The van der Waals surface area contributed by atoms with Crippen molar-refractivity contribution in [3.05, 3.63) is 0 Å². The highest BCUT2D eigenvalue weighted by Gasteiger charge is 2.43. The maximum atomic E-state index is 11.1. The molecule has 1 saturated carbocycles. The molecule has 0 bridgehead atoms. The molecule has 70 valence electrons. The zero-order valence-corrected chi connectivity index (χ0v) is 7.85. The third kappa shape index (κ3) is 1.31. The van der Waals surface area contributed by atoms with Crippen molar-refractivity contribution in [1.29, 1.82) is 0 Å². The predicted octanol–water partition coefficient (Wildman–Crippen LogP) is 0.378. The summed E-state index contributed by atoms with van der Waals surface area (Å²) in [6.45, 7) is 1.16. The van der Waals surface area contributed by atoms with E-state index >= 15 is 0 Å². The summed E-state index contributed by atoms with van der Waals surface area (Å²) < 4.78 is 0. The molecule has 3 nitrogen and oxygen atoms in total. The minimum atomic E-state index is 0. The quantitative estimate of drug-likeness (QED) is 0.650. The van der Waals surface area contributed by atoms with Gasteiger partial charge in [-0.15, -0.1) is 12.4 Å². The van der Waals surface area contributed by atoms with E-state index in [1.54, 1.807) is 0 Å². The van der Waals surface area contributed by atoms with Gasteiger partial charge in [-0.2, -0.15) is 0 Å². The third-order valence-corrected chi connectivity index (χ3v) is 2.95. The molecule has 2 N–H and O–H groups in total. The normalized spacial score (nSPS) is 31.9. The van der Waals surface area contributed by atoms with E-state index in [0.29, 0.717) is 6.04 Å². The first-order chi connectivity index (χ1) is 5.33. The number of rotatable bonds is 1. The van der Waals surface area contributed by atoms with Gasteiger partial charge in [-0.25, -0.2) is 0 Å². The molecule has 2 atom stereocenters. The van der Waals surface area contributed by atoms with Crippen molar-refractivity contribution in [2.24, 2.45) is 11.7 Å². The highest BCUT2D eigenvalue weighted by Crippen LogP contribution is 2.38. The molecule has 1 aliphatic heterocycles. The summed E-state index contributed by atoms with van der Waals surface area (Å²) >= 11 is 0. The lowest BCUT2D eigenvalue weighted by atomic mass is 9.92. The highest BCUT2D eigenvalue weighted by atomic mass is 35.5. The number of carbonyl (C=O) groups excluding carboxylic acids is 1. The summed E-state index contributed by atoms with van der Waals surface area (Å²) in [5.74, 6) is 0.943. The average molecular weight is 191 g/mol. The molecule has 1 heterocycles. The number of halogens is 1. The van der Waals surface area contributed by atoms with Gasteiger partial charge in [-0.3, -0.25) is 4.79 Å². The fourth-order valence-electron chi connectivity index (χ4n) is 2.29. The second kappa shape index (κ2) is 3.62. The maximum absolute atomic E-state index is 11.1. The fourth-order valence-corrected chi connectivity index (χ4v) is 2.29. The summed E-state index contributed by atoms with van der Waals surface area (Å²) in [6, 6.07) is 0.561. The van der Waals surface area contributed by atoms with Crippen LogP contribution in [0.25, 0.3) is 0 Å². The molecular weight excluding hydrogens is 176 g/mol.